The zero-order valence-corrected chi connectivity index (χ0v) is 17.2. The SMILES string of the molecule is CCCCN1C(=O)c2ccc(C(=O)N3CCCC(NC(=O)CCC)C3)cc2C1=O. The molecule has 2 aliphatic rings. The van der Waals surface area contributed by atoms with Gasteiger partial charge in [-0.25, -0.2) is 0 Å². The molecule has 1 unspecified atom stereocenters. The fraction of sp³-hybridized carbons (Fsp3) is 0.545. The molecular formula is C22H29N3O4. The molecule has 0 aliphatic carbocycles. The molecule has 3 rings (SSSR count). The van der Waals surface area contributed by atoms with Crippen LogP contribution in [0.5, 0.6) is 0 Å². The van der Waals surface area contributed by atoms with Crippen LogP contribution < -0.4 is 5.32 Å². The van der Waals surface area contributed by atoms with Gasteiger partial charge in [0.25, 0.3) is 17.7 Å². The molecule has 1 aromatic carbocycles. The molecule has 1 aromatic rings. The summed E-state index contributed by atoms with van der Waals surface area (Å²) < 4.78 is 0. The predicted octanol–water partition coefficient (Wildman–Crippen LogP) is 2.60. The van der Waals surface area contributed by atoms with E-state index in [-0.39, 0.29) is 29.7 Å². The van der Waals surface area contributed by atoms with Crippen molar-refractivity contribution in [2.24, 2.45) is 0 Å². The molecule has 1 fully saturated rings. The van der Waals surface area contributed by atoms with Crippen molar-refractivity contribution in [2.75, 3.05) is 19.6 Å². The second-order valence-electron chi connectivity index (χ2n) is 7.78. The molecule has 1 saturated heterocycles. The van der Waals surface area contributed by atoms with Gasteiger partial charge >= 0.3 is 0 Å². The Morgan fingerprint density at radius 2 is 1.86 bits per heavy atom. The molecule has 0 aromatic heterocycles. The Morgan fingerprint density at radius 3 is 2.59 bits per heavy atom. The highest BCUT2D eigenvalue weighted by Gasteiger charge is 2.36. The van der Waals surface area contributed by atoms with Gasteiger partial charge in [-0.05, 0) is 43.9 Å². The highest BCUT2D eigenvalue weighted by Crippen LogP contribution is 2.25. The molecule has 2 heterocycles. The lowest BCUT2D eigenvalue weighted by Crippen LogP contribution is -2.49. The number of nitrogens with one attached hydrogen (secondary N) is 1. The molecule has 1 atom stereocenters. The lowest BCUT2D eigenvalue weighted by Gasteiger charge is -2.33. The highest BCUT2D eigenvalue weighted by molar-refractivity contribution is 6.22. The summed E-state index contributed by atoms with van der Waals surface area (Å²) >= 11 is 0. The van der Waals surface area contributed by atoms with E-state index >= 15 is 0 Å². The van der Waals surface area contributed by atoms with Crippen molar-refractivity contribution in [3.63, 3.8) is 0 Å². The van der Waals surface area contributed by atoms with Crippen molar-refractivity contribution in [3.05, 3.63) is 34.9 Å². The van der Waals surface area contributed by atoms with E-state index < -0.39 is 0 Å². The zero-order chi connectivity index (χ0) is 21.0. The van der Waals surface area contributed by atoms with Gasteiger partial charge in [0, 0.05) is 37.7 Å². The second kappa shape index (κ2) is 9.20. The number of piperidine rings is 1. The van der Waals surface area contributed by atoms with Crippen LogP contribution in [0.3, 0.4) is 0 Å². The van der Waals surface area contributed by atoms with E-state index in [9.17, 15) is 19.2 Å². The summed E-state index contributed by atoms with van der Waals surface area (Å²) in [6, 6.07) is 4.70. The van der Waals surface area contributed by atoms with Crippen LogP contribution in [0.25, 0.3) is 0 Å². The van der Waals surface area contributed by atoms with E-state index in [2.05, 4.69) is 5.32 Å². The summed E-state index contributed by atoms with van der Waals surface area (Å²) in [5.74, 6) is -0.763. The maximum absolute atomic E-state index is 13.0. The number of unbranched alkanes of at least 4 members (excludes halogenated alkanes) is 1. The van der Waals surface area contributed by atoms with Crippen LogP contribution in [0.1, 0.15) is 83.4 Å². The van der Waals surface area contributed by atoms with Crippen LogP contribution in [-0.4, -0.2) is 59.1 Å². The molecule has 156 valence electrons. The fourth-order valence-corrected chi connectivity index (χ4v) is 3.93. The van der Waals surface area contributed by atoms with E-state index in [0.29, 0.717) is 42.7 Å². The summed E-state index contributed by atoms with van der Waals surface area (Å²) in [5.41, 5.74) is 1.08. The lowest BCUT2D eigenvalue weighted by atomic mass is 10.0. The van der Waals surface area contributed by atoms with Crippen molar-refractivity contribution in [2.45, 2.75) is 58.4 Å². The number of rotatable bonds is 7. The number of carbonyl (C=O) groups is 4. The van der Waals surface area contributed by atoms with Crippen LogP contribution in [0.4, 0.5) is 0 Å². The Bertz CT molecular complexity index is 820. The Morgan fingerprint density at radius 1 is 1.10 bits per heavy atom. The van der Waals surface area contributed by atoms with E-state index in [0.717, 1.165) is 32.1 Å². The molecule has 4 amide bonds. The third-order valence-corrected chi connectivity index (χ3v) is 5.50. The second-order valence-corrected chi connectivity index (χ2v) is 7.78. The number of fused-ring (bicyclic) bond motifs is 1. The zero-order valence-electron chi connectivity index (χ0n) is 17.2. The number of hydrogen-bond acceptors (Lipinski definition) is 4. The fourth-order valence-electron chi connectivity index (χ4n) is 3.93. The van der Waals surface area contributed by atoms with Crippen molar-refractivity contribution in [1.82, 2.24) is 15.1 Å². The first-order chi connectivity index (χ1) is 14.0. The first-order valence-corrected chi connectivity index (χ1v) is 10.5. The summed E-state index contributed by atoms with van der Waals surface area (Å²) in [4.78, 5) is 53.0. The van der Waals surface area contributed by atoms with Gasteiger partial charge in [0.05, 0.1) is 11.1 Å². The van der Waals surface area contributed by atoms with Gasteiger partial charge in [-0.3, -0.25) is 24.1 Å². The first kappa shape index (κ1) is 21.0. The molecule has 0 bridgehead atoms. The summed E-state index contributed by atoms with van der Waals surface area (Å²) in [6.07, 6.45) is 4.59. The number of imide groups is 1. The van der Waals surface area contributed by atoms with Gasteiger partial charge < -0.3 is 10.2 Å². The van der Waals surface area contributed by atoms with Crippen LogP contribution in [0.15, 0.2) is 18.2 Å². The third-order valence-electron chi connectivity index (χ3n) is 5.50. The smallest absolute Gasteiger partial charge is 0.261 e. The van der Waals surface area contributed by atoms with Crippen molar-refractivity contribution < 1.29 is 19.2 Å². The predicted molar refractivity (Wildman–Crippen MR) is 109 cm³/mol. The van der Waals surface area contributed by atoms with E-state index in [1.54, 1.807) is 23.1 Å². The monoisotopic (exact) mass is 399 g/mol. The molecule has 0 spiro atoms. The van der Waals surface area contributed by atoms with Crippen LogP contribution in [-0.2, 0) is 4.79 Å². The number of amides is 4. The molecule has 0 radical (unpaired) electrons. The molecule has 0 saturated carbocycles. The average molecular weight is 399 g/mol. The van der Waals surface area contributed by atoms with E-state index in [4.69, 9.17) is 0 Å². The van der Waals surface area contributed by atoms with Crippen molar-refractivity contribution >= 4 is 23.6 Å². The quantitative estimate of drug-likeness (QED) is 0.714. The Balaban J connectivity index is 1.71. The van der Waals surface area contributed by atoms with Gasteiger partial charge in [-0.2, -0.15) is 0 Å². The van der Waals surface area contributed by atoms with Crippen molar-refractivity contribution in [3.8, 4) is 0 Å². The van der Waals surface area contributed by atoms with Gasteiger partial charge in [-0.1, -0.05) is 20.3 Å². The normalized spacial score (nSPS) is 18.8. The number of nitrogens with zero attached hydrogens (tertiary/aromatic N) is 2. The number of carbonyl (C=O) groups excluding carboxylic acids is 4. The van der Waals surface area contributed by atoms with E-state index in [1.807, 2.05) is 13.8 Å². The van der Waals surface area contributed by atoms with Gasteiger partial charge in [0.15, 0.2) is 0 Å². The van der Waals surface area contributed by atoms with Crippen molar-refractivity contribution in [1.29, 1.82) is 0 Å². The average Bonchev–Trinajstić information content (AvgIpc) is 2.96. The molecule has 2 aliphatic heterocycles. The highest BCUT2D eigenvalue weighted by atomic mass is 16.2. The number of likely N-dealkylation sites (tertiary alicyclic amines) is 1. The Kier molecular flexibility index (Phi) is 6.67. The van der Waals surface area contributed by atoms with Crippen LogP contribution >= 0.6 is 0 Å². The Labute approximate surface area is 171 Å². The molecule has 1 N–H and O–H groups in total. The number of hydrogen-bond donors (Lipinski definition) is 1. The molecular weight excluding hydrogens is 370 g/mol. The topological polar surface area (TPSA) is 86.8 Å². The summed E-state index contributed by atoms with van der Waals surface area (Å²) in [5, 5.41) is 3.00. The molecule has 7 nitrogen and oxygen atoms in total. The summed E-state index contributed by atoms with van der Waals surface area (Å²) in [7, 11) is 0. The first-order valence-electron chi connectivity index (χ1n) is 10.5. The Hall–Kier alpha value is -2.70. The molecule has 7 heteroatoms. The van der Waals surface area contributed by atoms with Gasteiger partial charge in [0.1, 0.15) is 0 Å². The maximum atomic E-state index is 13.0. The third kappa shape index (κ3) is 4.49. The maximum Gasteiger partial charge on any atom is 0.261 e. The van der Waals surface area contributed by atoms with E-state index in [1.165, 1.54) is 4.90 Å². The summed E-state index contributed by atoms with van der Waals surface area (Å²) in [6.45, 7) is 5.44. The molecule has 29 heavy (non-hydrogen) atoms. The minimum Gasteiger partial charge on any atom is -0.352 e. The number of benzene rings is 1. The van der Waals surface area contributed by atoms with Gasteiger partial charge in [0.2, 0.25) is 5.91 Å². The minimum atomic E-state index is -0.323. The van der Waals surface area contributed by atoms with Crippen LogP contribution in [0, 0.1) is 0 Å². The minimum absolute atomic E-state index is 0.0145. The standard InChI is InChI=1S/C22H29N3O4/c1-3-5-12-25-21(28)17-10-9-15(13-18(17)22(25)29)20(27)24-11-6-8-16(14-24)23-19(26)7-4-2/h9-10,13,16H,3-8,11-12,14H2,1-2H3,(H,23,26). The van der Waals surface area contributed by atoms with Crippen LogP contribution in [0.2, 0.25) is 0 Å². The van der Waals surface area contributed by atoms with Gasteiger partial charge in [-0.15, -0.1) is 0 Å². The lowest BCUT2D eigenvalue weighted by molar-refractivity contribution is -0.122. The largest absolute Gasteiger partial charge is 0.352 e.